The molecule has 0 unspecified atom stereocenters. The second-order valence-electron chi connectivity index (χ2n) is 6.64. The molecule has 0 aliphatic heterocycles. The van der Waals surface area contributed by atoms with Crippen LogP contribution in [0.4, 0.5) is 10.8 Å². The number of benzene rings is 2. The van der Waals surface area contributed by atoms with Gasteiger partial charge in [-0.2, -0.15) is 10.2 Å². The van der Waals surface area contributed by atoms with Crippen LogP contribution in [0.1, 0.15) is 20.9 Å². The normalized spacial score (nSPS) is 11.2. The zero-order valence-corrected chi connectivity index (χ0v) is 18.2. The van der Waals surface area contributed by atoms with E-state index in [-0.39, 0.29) is 16.4 Å². The topological polar surface area (TPSA) is 101 Å². The van der Waals surface area contributed by atoms with Gasteiger partial charge in [0.2, 0.25) is 0 Å². The fraction of sp³-hybridized carbons (Fsp3) is 0.0952. The van der Waals surface area contributed by atoms with Crippen LogP contribution in [0.5, 0.6) is 0 Å². The number of fused-ring (bicyclic) bond motifs is 1. The largest absolute Gasteiger partial charge is 0.331 e. The molecule has 0 bridgehead atoms. The molecule has 2 aromatic carbocycles. The summed E-state index contributed by atoms with van der Waals surface area (Å²) in [6.45, 7) is 1.99. The highest BCUT2D eigenvalue weighted by molar-refractivity contribution is 7.17. The second kappa shape index (κ2) is 8.66. The Labute approximate surface area is 186 Å². The Kier molecular flexibility index (Phi) is 5.79. The van der Waals surface area contributed by atoms with E-state index in [2.05, 4.69) is 25.9 Å². The summed E-state index contributed by atoms with van der Waals surface area (Å²) in [6, 6.07) is 14.6. The molecule has 2 aromatic heterocycles. The third kappa shape index (κ3) is 4.32. The molecule has 0 radical (unpaired) electrons. The number of aromatic nitrogens is 3. The molecule has 0 aliphatic carbocycles. The summed E-state index contributed by atoms with van der Waals surface area (Å²) in [5.74, 6) is -0.540. The van der Waals surface area contributed by atoms with Gasteiger partial charge in [0.25, 0.3) is 11.5 Å². The molecule has 4 aromatic rings. The monoisotopic (exact) mass is 452 g/mol. The summed E-state index contributed by atoms with van der Waals surface area (Å²) in [7, 11) is 1.49. The second-order valence-corrected chi connectivity index (χ2v) is 8.02. The van der Waals surface area contributed by atoms with Crippen LogP contribution in [0.15, 0.2) is 58.4 Å². The minimum Gasteiger partial charge on any atom is -0.331 e. The van der Waals surface area contributed by atoms with E-state index < -0.39 is 5.91 Å². The molecular formula is C21H17ClN6O2S. The summed E-state index contributed by atoms with van der Waals surface area (Å²) in [6.07, 6.45) is 1.42. The lowest BCUT2D eigenvalue weighted by atomic mass is 10.1. The van der Waals surface area contributed by atoms with Gasteiger partial charge in [0.05, 0.1) is 16.5 Å². The van der Waals surface area contributed by atoms with Crippen LogP contribution in [0, 0.1) is 6.92 Å². The van der Waals surface area contributed by atoms with Crippen LogP contribution in [0.25, 0.3) is 10.8 Å². The third-order valence-corrected chi connectivity index (χ3v) is 5.82. The maximum Gasteiger partial charge on any atom is 0.292 e. The van der Waals surface area contributed by atoms with Crippen molar-refractivity contribution in [3.63, 3.8) is 0 Å². The Morgan fingerprint density at radius 1 is 1.16 bits per heavy atom. The van der Waals surface area contributed by atoms with E-state index in [1.807, 2.05) is 31.2 Å². The van der Waals surface area contributed by atoms with E-state index in [0.717, 1.165) is 15.9 Å². The lowest BCUT2D eigenvalue weighted by Gasteiger charge is -2.06. The third-order valence-electron chi connectivity index (χ3n) is 4.52. The van der Waals surface area contributed by atoms with E-state index >= 15 is 0 Å². The molecule has 0 fully saturated rings. The van der Waals surface area contributed by atoms with Crippen LogP contribution in [0.3, 0.4) is 0 Å². The molecule has 31 heavy (non-hydrogen) atoms. The minimum atomic E-state index is -0.540. The van der Waals surface area contributed by atoms with E-state index in [1.165, 1.54) is 24.6 Å². The smallest absolute Gasteiger partial charge is 0.292 e. The highest BCUT2D eigenvalue weighted by Gasteiger charge is 2.15. The molecule has 10 heteroatoms. The number of para-hydroxylation sites is 1. The average Bonchev–Trinajstić information content (AvgIpc) is 3.11. The lowest BCUT2D eigenvalue weighted by Crippen LogP contribution is -2.27. The number of hydrogen-bond donors (Lipinski definition) is 2. The highest BCUT2D eigenvalue weighted by Crippen LogP contribution is 2.29. The highest BCUT2D eigenvalue weighted by atomic mass is 35.5. The molecule has 4 rings (SSSR count). The molecule has 0 atom stereocenters. The average molecular weight is 453 g/mol. The molecule has 8 nitrogen and oxygen atoms in total. The Morgan fingerprint density at radius 2 is 1.87 bits per heavy atom. The van der Waals surface area contributed by atoms with Gasteiger partial charge in [0, 0.05) is 18.1 Å². The number of thiazole rings is 1. The predicted octanol–water partition coefficient (Wildman–Crippen LogP) is 3.86. The number of carbonyl (C=O) groups excluding carboxylic acids is 1. The van der Waals surface area contributed by atoms with E-state index in [0.29, 0.717) is 20.8 Å². The summed E-state index contributed by atoms with van der Waals surface area (Å²) in [5, 5.41) is 13.0. The van der Waals surface area contributed by atoms with Crippen LogP contribution in [-0.4, -0.2) is 26.9 Å². The van der Waals surface area contributed by atoms with Gasteiger partial charge in [-0.25, -0.2) is 15.1 Å². The van der Waals surface area contributed by atoms with Crippen molar-refractivity contribution in [2.75, 3.05) is 5.32 Å². The molecule has 0 saturated heterocycles. The Bertz CT molecular complexity index is 1380. The van der Waals surface area contributed by atoms with E-state index in [1.54, 1.807) is 24.3 Å². The van der Waals surface area contributed by atoms with Crippen LogP contribution < -0.4 is 16.3 Å². The molecule has 2 heterocycles. The van der Waals surface area contributed by atoms with Crippen LogP contribution >= 0.6 is 22.9 Å². The molecule has 0 saturated carbocycles. The number of halogens is 1. The molecular weight excluding hydrogens is 436 g/mol. The first-order valence-electron chi connectivity index (χ1n) is 9.22. The van der Waals surface area contributed by atoms with Gasteiger partial charge in [-0.1, -0.05) is 59.3 Å². The number of amides is 1. The number of anilines is 2. The van der Waals surface area contributed by atoms with Crippen molar-refractivity contribution in [3.8, 4) is 0 Å². The number of hydrogen-bond acceptors (Lipinski definition) is 7. The number of rotatable bonds is 5. The van der Waals surface area contributed by atoms with Gasteiger partial charge in [-0.15, -0.1) is 0 Å². The zero-order valence-electron chi connectivity index (χ0n) is 16.6. The molecule has 156 valence electrons. The fourth-order valence-electron chi connectivity index (χ4n) is 2.94. The Hall–Kier alpha value is -3.56. The number of nitrogens with one attached hydrogen (secondary N) is 2. The Balaban J connectivity index is 1.52. The van der Waals surface area contributed by atoms with E-state index in [4.69, 9.17) is 11.6 Å². The lowest BCUT2D eigenvalue weighted by molar-refractivity contribution is 0.0950. The summed E-state index contributed by atoms with van der Waals surface area (Å²) < 4.78 is 1.13. The van der Waals surface area contributed by atoms with Gasteiger partial charge < -0.3 is 5.32 Å². The first kappa shape index (κ1) is 20.7. The van der Waals surface area contributed by atoms with E-state index in [9.17, 15) is 9.59 Å². The summed E-state index contributed by atoms with van der Waals surface area (Å²) in [5.41, 5.74) is 4.27. The minimum absolute atomic E-state index is 0.104. The zero-order chi connectivity index (χ0) is 22.0. The SMILES string of the molecule is Cc1ccccc1Nc1nc(Cl)c(/C=N/NC(=O)c2nn(C)c(=O)c3ccccc23)s1. The number of nitrogens with zero attached hydrogens (tertiary/aromatic N) is 4. The van der Waals surface area contributed by atoms with Crippen molar-refractivity contribution in [1.29, 1.82) is 0 Å². The van der Waals surface area contributed by atoms with Crippen molar-refractivity contribution < 1.29 is 4.79 Å². The van der Waals surface area contributed by atoms with Crippen molar-refractivity contribution >= 4 is 56.7 Å². The van der Waals surface area contributed by atoms with Gasteiger partial charge >= 0.3 is 0 Å². The maximum atomic E-state index is 12.6. The van der Waals surface area contributed by atoms with Crippen molar-refractivity contribution in [2.24, 2.45) is 12.1 Å². The maximum absolute atomic E-state index is 12.6. The van der Waals surface area contributed by atoms with Gasteiger partial charge in [0.1, 0.15) is 0 Å². The number of carbonyl (C=O) groups is 1. The van der Waals surface area contributed by atoms with Gasteiger partial charge in [-0.05, 0) is 24.6 Å². The predicted molar refractivity (Wildman–Crippen MR) is 124 cm³/mol. The first-order valence-corrected chi connectivity index (χ1v) is 10.4. The fourth-order valence-corrected chi connectivity index (χ4v) is 3.99. The van der Waals surface area contributed by atoms with Crippen LogP contribution in [-0.2, 0) is 7.05 Å². The van der Waals surface area contributed by atoms with Crippen molar-refractivity contribution in [2.45, 2.75) is 6.92 Å². The van der Waals surface area contributed by atoms with Crippen LogP contribution in [0.2, 0.25) is 5.15 Å². The Morgan fingerprint density at radius 3 is 2.65 bits per heavy atom. The summed E-state index contributed by atoms with van der Waals surface area (Å²) in [4.78, 5) is 29.7. The van der Waals surface area contributed by atoms with Gasteiger partial charge in [0.15, 0.2) is 16.0 Å². The van der Waals surface area contributed by atoms with Crippen molar-refractivity contribution in [3.05, 3.63) is 80.2 Å². The summed E-state index contributed by atoms with van der Waals surface area (Å²) >= 11 is 7.51. The number of hydrazone groups is 1. The van der Waals surface area contributed by atoms with Crippen molar-refractivity contribution in [1.82, 2.24) is 20.2 Å². The quantitative estimate of drug-likeness (QED) is 0.353. The molecule has 0 aliphatic rings. The number of aryl methyl sites for hydroxylation is 2. The van der Waals surface area contributed by atoms with Gasteiger partial charge in [-0.3, -0.25) is 9.59 Å². The first-order chi connectivity index (χ1) is 14.9. The molecule has 1 amide bonds. The molecule has 0 spiro atoms. The standard InChI is InChI=1S/C21H17ClN6O2S/c1-12-7-3-6-10-15(12)24-21-25-18(22)16(31-21)11-23-26-19(29)17-13-8-4-5-9-14(13)20(30)28(2)27-17/h3-11H,1-2H3,(H,24,25)(H,26,29)/b23-11+. The molecule has 2 N–H and O–H groups in total.